The number of amides is 1. The van der Waals surface area contributed by atoms with Gasteiger partial charge in [-0.3, -0.25) is 14.3 Å². The van der Waals surface area contributed by atoms with E-state index in [1.165, 1.54) is 38.1 Å². The predicted molar refractivity (Wildman–Crippen MR) is 178 cm³/mol. The molecule has 4 heterocycles. The third kappa shape index (κ3) is 6.15. The number of carbonyl (C=O) groups is 1. The number of fused-ring (bicyclic) bond motifs is 2. The number of thioether (sulfide) groups is 1. The Labute approximate surface area is 281 Å². The fraction of sp³-hybridized carbons (Fsp3) is 0.200. The highest BCUT2D eigenvalue weighted by Gasteiger charge is 2.36. The van der Waals surface area contributed by atoms with Crippen molar-refractivity contribution in [2.24, 2.45) is 5.16 Å². The van der Waals surface area contributed by atoms with Crippen LogP contribution in [0.4, 0.5) is 13.2 Å². The van der Waals surface area contributed by atoms with Crippen LogP contribution in [0.1, 0.15) is 27.7 Å². The second-order valence-electron chi connectivity index (χ2n) is 11.5. The van der Waals surface area contributed by atoms with Crippen LogP contribution in [0.25, 0.3) is 32.9 Å². The maximum absolute atomic E-state index is 13.6. The van der Waals surface area contributed by atoms with Gasteiger partial charge in [0.2, 0.25) is 0 Å². The molecule has 0 aliphatic carbocycles. The number of nitrogens with one attached hydrogen (secondary N) is 1. The highest BCUT2D eigenvalue weighted by molar-refractivity contribution is 7.98. The van der Waals surface area contributed by atoms with E-state index in [4.69, 9.17) is 14.5 Å². The number of carbonyl (C=O) groups excluding carboxylic acids is 1. The summed E-state index contributed by atoms with van der Waals surface area (Å²) in [6, 6.07) is 19.6. The number of nitrogens with zero attached hydrogens (tertiary/aromatic N) is 5. The number of hydrogen-bond acceptors (Lipinski definition) is 8. The fourth-order valence-corrected chi connectivity index (χ4v) is 6.92. The topological polar surface area (TPSA) is 118 Å². The lowest BCUT2D eigenvalue weighted by atomic mass is 10.1. The lowest BCUT2D eigenvalue weighted by Gasteiger charge is -2.40. The highest BCUT2D eigenvalue weighted by Crippen LogP contribution is 2.35. The molecule has 0 bridgehead atoms. The van der Waals surface area contributed by atoms with Crippen molar-refractivity contribution in [2.45, 2.75) is 23.1 Å². The maximum Gasteiger partial charge on any atom is 0.416 e. The average molecular weight is 687 g/mol. The summed E-state index contributed by atoms with van der Waals surface area (Å²) in [4.78, 5) is 27.6. The lowest BCUT2D eigenvalue weighted by Crippen LogP contribution is -2.53. The number of rotatable bonds is 8. The first kappa shape index (κ1) is 32.1. The molecule has 3 aromatic heterocycles. The van der Waals surface area contributed by atoms with Crippen molar-refractivity contribution in [3.05, 3.63) is 107 Å². The monoisotopic (exact) mass is 686 g/mol. The van der Waals surface area contributed by atoms with Gasteiger partial charge in [-0.25, -0.2) is 4.98 Å². The smallest absolute Gasteiger partial charge is 0.416 e. The van der Waals surface area contributed by atoms with Gasteiger partial charge in [-0.05, 0) is 47.5 Å². The summed E-state index contributed by atoms with van der Waals surface area (Å²) < 4.78 is 52.1. The van der Waals surface area contributed by atoms with E-state index >= 15 is 0 Å². The Bertz CT molecular complexity index is 2250. The van der Waals surface area contributed by atoms with Crippen LogP contribution in [-0.4, -0.2) is 62.8 Å². The third-order valence-corrected chi connectivity index (χ3v) is 9.52. The summed E-state index contributed by atoms with van der Waals surface area (Å²) in [6.07, 6.45) is -0.937. The van der Waals surface area contributed by atoms with Gasteiger partial charge in [0.25, 0.3) is 5.91 Å². The Morgan fingerprint density at radius 2 is 1.78 bits per heavy atom. The van der Waals surface area contributed by atoms with Crippen LogP contribution < -0.4 is 15.0 Å². The summed E-state index contributed by atoms with van der Waals surface area (Å²) in [5.74, 6) is 0.946. The molecule has 0 atom stereocenters. The first-order valence-electron chi connectivity index (χ1n) is 15.1. The number of pyridine rings is 1. The molecule has 0 spiro atoms. The van der Waals surface area contributed by atoms with Crippen molar-refractivity contribution in [1.82, 2.24) is 24.4 Å². The molecule has 3 aromatic carbocycles. The molecular formula is C35H29F3N6O4S. The van der Waals surface area contributed by atoms with E-state index in [1.54, 1.807) is 34.0 Å². The number of hydrogen-bond donors (Lipinski definition) is 2. The molecule has 6 aromatic rings. The predicted octanol–water partition coefficient (Wildman–Crippen LogP) is 6.89. The number of aromatic amines is 1. The number of benzene rings is 3. The van der Waals surface area contributed by atoms with Gasteiger partial charge in [0.15, 0.2) is 22.1 Å². The Balaban J connectivity index is 1.19. The molecular weight excluding hydrogens is 657 g/mol. The molecule has 1 saturated heterocycles. The molecule has 2 N–H and O–H groups in total. The summed E-state index contributed by atoms with van der Waals surface area (Å²) >= 11 is 1.28. The third-order valence-electron chi connectivity index (χ3n) is 8.50. The molecule has 1 amide bonds. The number of ether oxygens (including phenoxy) is 2. The van der Waals surface area contributed by atoms with E-state index < -0.39 is 11.7 Å². The van der Waals surface area contributed by atoms with Gasteiger partial charge in [0.1, 0.15) is 5.69 Å². The molecule has 250 valence electrons. The highest BCUT2D eigenvalue weighted by atomic mass is 32.2. The van der Waals surface area contributed by atoms with Crippen molar-refractivity contribution in [1.29, 1.82) is 0 Å². The van der Waals surface area contributed by atoms with Gasteiger partial charge < -0.3 is 24.6 Å². The van der Waals surface area contributed by atoms with Crippen LogP contribution in [0, 0.1) is 0 Å². The zero-order valence-electron chi connectivity index (χ0n) is 26.2. The second kappa shape index (κ2) is 12.8. The maximum atomic E-state index is 13.6. The quantitative estimate of drug-likeness (QED) is 0.0775. The van der Waals surface area contributed by atoms with Gasteiger partial charge in [0, 0.05) is 53.8 Å². The second-order valence-corrected chi connectivity index (χ2v) is 12.4. The minimum absolute atomic E-state index is 0.183. The minimum atomic E-state index is -4.44. The van der Waals surface area contributed by atoms with Gasteiger partial charge in [-0.1, -0.05) is 47.2 Å². The first-order valence-corrected chi connectivity index (χ1v) is 16.1. The van der Waals surface area contributed by atoms with Crippen molar-refractivity contribution >= 4 is 39.5 Å². The number of alkyl halides is 3. The zero-order chi connectivity index (χ0) is 34.3. The van der Waals surface area contributed by atoms with E-state index in [2.05, 4.69) is 15.1 Å². The average Bonchev–Trinajstić information content (AvgIpc) is 3.53. The van der Waals surface area contributed by atoms with E-state index in [9.17, 15) is 23.2 Å². The van der Waals surface area contributed by atoms with Crippen LogP contribution in [0.15, 0.2) is 95.5 Å². The Morgan fingerprint density at radius 1 is 1.02 bits per heavy atom. The molecule has 49 heavy (non-hydrogen) atoms. The van der Waals surface area contributed by atoms with Crippen molar-refractivity contribution in [3.63, 3.8) is 0 Å². The van der Waals surface area contributed by atoms with Crippen LogP contribution in [0.2, 0.25) is 0 Å². The largest absolute Gasteiger partial charge is 0.493 e. The van der Waals surface area contributed by atoms with Crippen LogP contribution in [0.3, 0.4) is 0 Å². The van der Waals surface area contributed by atoms with Crippen molar-refractivity contribution in [2.75, 3.05) is 27.3 Å². The van der Waals surface area contributed by atoms with Crippen molar-refractivity contribution in [3.8, 4) is 22.6 Å². The Morgan fingerprint density at radius 3 is 2.45 bits per heavy atom. The van der Waals surface area contributed by atoms with Gasteiger partial charge in [-0.15, -0.1) is 0 Å². The van der Waals surface area contributed by atoms with E-state index in [0.29, 0.717) is 57.7 Å². The summed E-state index contributed by atoms with van der Waals surface area (Å²) in [5.41, 5.74) is 3.79. The van der Waals surface area contributed by atoms with Gasteiger partial charge >= 0.3 is 6.18 Å². The summed E-state index contributed by atoms with van der Waals surface area (Å²) in [5, 5.41) is 15.8. The molecule has 1 aliphatic rings. The molecule has 0 unspecified atom stereocenters. The molecule has 0 saturated carbocycles. The summed E-state index contributed by atoms with van der Waals surface area (Å²) in [6.45, 7) is 0.604. The standard InChI is InChI=1S/C35H29F3N6O4S/c1-47-30-14-26-28(15-31(30)48-2)41-34(49-19-20-5-9-24(10-6-20)35(36,37)38)44(32(26)42-46)25-17-43(18-25)33(45)29-13-22-8-7-21(12-27(22)40-29)23-4-3-11-39-16-23/h3-16,25,40,46H,17-19H2,1-2H3. The van der Waals surface area contributed by atoms with Gasteiger partial charge in [0.05, 0.1) is 36.7 Å². The number of likely N-dealkylation sites (tertiary alicyclic amines) is 1. The molecule has 14 heteroatoms. The zero-order valence-corrected chi connectivity index (χ0v) is 27.0. The molecule has 1 fully saturated rings. The van der Waals surface area contributed by atoms with E-state index in [1.807, 2.05) is 36.4 Å². The number of halogens is 3. The molecule has 0 radical (unpaired) electrons. The molecule has 1 aliphatic heterocycles. The van der Waals surface area contributed by atoms with E-state index in [0.717, 1.165) is 34.2 Å². The van der Waals surface area contributed by atoms with Crippen molar-refractivity contribution < 1.29 is 32.6 Å². The first-order chi connectivity index (χ1) is 23.7. The molecule has 7 rings (SSSR count). The minimum Gasteiger partial charge on any atom is -0.493 e. The van der Waals surface area contributed by atoms with Crippen LogP contribution >= 0.6 is 11.8 Å². The number of aromatic nitrogens is 4. The van der Waals surface area contributed by atoms with Crippen LogP contribution in [0.5, 0.6) is 11.5 Å². The number of methoxy groups -OCH3 is 2. The van der Waals surface area contributed by atoms with Gasteiger partial charge in [-0.2, -0.15) is 13.2 Å². The SMILES string of the molecule is COc1cc2nc(SCc3ccc(C(F)(F)F)cc3)n(C3CN(C(=O)c4cc5ccc(-c6cccnc6)cc5[nH]4)C3)c(=NO)c2cc1OC. The molecule has 10 nitrogen and oxygen atoms in total. The van der Waals surface area contributed by atoms with Crippen LogP contribution in [-0.2, 0) is 11.9 Å². The van der Waals surface area contributed by atoms with E-state index in [-0.39, 0.29) is 17.4 Å². The Hall–Kier alpha value is -5.50. The lowest BCUT2D eigenvalue weighted by molar-refractivity contribution is -0.137. The Kier molecular flexibility index (Phi) is 8.40. The normalized spacial score (nSPS) is 14.0. The summed E-state index contributed by atoms with van der Waals surface area (Å²) in [7, 11) is 2.99. The number of H-pyrrole nitrogens is 1. The fourth-order valence-electron chi connectivity index (χ4n) is 5.90.